The molecule has 4 atom stereocenters. The fraction of sp³-hybridized carbons (Fsp3) is 0.361. The number of carbonyl (C=O) groups excluding carboxylic acids is 1. The van der Waals surface area contributed by atoms with Gasteiger partial charge in [-0.05, 0) is 67.3 Å². The lowest BCUT2D eigenvalue weighted by atomic mass is 9.80. The minimum Gasteiger partial charge on any atom is -0.497 e. The van der Waals surface area contributed by atoms with E-state index in [0.29, 0.717) is 23.5 Å². The summed E-state index contributed by atoms with van der Waals surface area (Å²) < 4.78 is 25.9. The lowest BCUT2D eigenvalue weighted by Gasteiger charge is -2.37. The molecular weight excluding hydrogens is 600 g/mol. The minimum absolute atomic E-state index is 0.0591. The van der Waals surface area contributed by atoms with Crippen LogP contribution in [0.3, 0.4) is 0 Å². The Hall–Kier alpha value is -4.71. The molecule has 0 radical (unpaired) electrons. The van der Waals surface area contributed by atoms with Gasteiger partial charge in [0.1, 0.15) is 29.4 Å². The van der Waals surface area contributed by atoms with Crippen LogP contribution in [0, 0.1) is 6.92 Å². The van der Waals surface area contributed by atoms with Crippen molar-refractivity contribution >= 4 is 5.91 Å². The molecule has 246 valence electrons. The van der Waals surface area contributed by atoms with E-state index in [0.717, 1.165) is 36.1 Å². The lowest BCUT2D eigenvalue weighted by molar-refractivity contribution is -0.125. The second-order valence-corrected chi connectivity index (χ2v) is 11.9. The number of nitrogens with one attached hydrogen (secondary N) is 3. The van der Waals surface area contributed by atoms with Crippen molar-refractivity contribution < 1.29 is 23.7 Å². The van der Waals surface area contributed by atoms with Crippen LogP contribution < -0.4 is 31.4 Å². The molecule has 0 spiro atoms. The van der Waals surface area contributed by atoms with Crippen molar-refractivity contribution in [2.75, 3.05) is 27.4 Å². The molecule has 1 aromatic heterocycles. The molecular formula is C36H40N4O7. The van der Waals surface area contributed by atoms with Gasteiger partial charge in [0.05, 0.1) is 32.9 Å². The summed E-state index contributed by atoms with van der Waals surface area (Å²) in [7, 11) is 3.25. The molecule has 11 heteroatoms. The Bertz CT molecular complexity index is 1730. The first-order valence-corrected chi connectivity index (χ1v) is 15.8. The molecule has 3 aromatic carbocycles. The predicted octanol–water partition coefficient (Wildman–Crippen LogP) is 3.40. The number of aromatic amines is 1. The average molecular weight is 641 g/mol. The van der Waals surface area contributed by atoms with E-state index in [1.165, 1.54) is 10.8 Å². The van der Waals surface area contributed by atoms with Crippen LogP contribution in [-0.4, -0.2) is 61.0 Å². The maximum absolute atomic E-state index is 13.3. The zero-order chi connectivity index (χ0) is 33.0. The van der Waals surface area contributed by atoms with Gasteiger partial charge in [-0.15, -0.1) is 0 Å². The molecule has 2 aliphatic heterocycles. The molecule has 2 fully saturated rings. The fourth-order valence-electron chi connectivity index (χ4n) is 6.48. The second kappa shape index (κ2) is 14.0. The van der Waals surface area contributed by atoms with Gasteiger partial charge in [0.15, 0.2) is 0 Å². The third-order valence-electron chi connectivity index (χ3n) is 9.03. The maximum Gasteiger partial charge on any atom is 0.330 e. The van der Waals surface area contributed by atoms with E-state index in [4.69, 9.17) is 18.9 Å². The van der Waals surface area contributed by atoms with Crippen molar-refractivity contribution in [1.29, 1.82) is 0 Å². The van der Waals surface area contributed by atoms with Gasteiger partial charge in [0.2, 0.25) is 5.91 Å². The molecule has 0 unspecified atom stereocenters. The largest absolute Gasteiger partial charge is 0.497 e. The van der Waals surface area contributed by atoms with Crippen LogP contribution in [-0.2, 0) is 19.9 Å². The van der Waals surface area contributed by atoms with Crippen molar-refractivity contribution in [1.82, 2.24) is 20.2 Å². The molecule has 11 nitrogen and oxygen atoms in total. The molecule has 3 heterocycles. The highest BCUT2D eigenvalue weighted by molar-refractivity contribution is 5.82. The highest BCUT2D eigenvalue weighted by Crippen LogP contribution is 2.42. The van der Waals surface area contributed by atoms with Crippen molar-refractivity contribution in [3.63, 3.8) is 0 Å². The number of rotatable bonds is 11. The zero-order valence-electron chi connectivity index (χ0n) is 26.7. The first kappa shape index (κ1) is 32.2. The summed E-state index contributed by atoms with van der Waals surface area (Å²) in [6.45, 7) is 2.47. The fourth-order valence-corrected chi connectivity index (χ4v) is 6.48. The first-order valence-electron chi connectivity index (χ1n) is 15.8. The van der Waals surface area contributed by atoms with Gasteiger partial charge < -0.3 is 29.6 Å². The normalized spacial score (nSPS) is 21.0. The van der Waals surface area contributed by atoms with Gasteiger partial charge in [-0.3, -0.25) is 19.1 Å². The van der Waals surface area contributed by atoms with Crippen LogP contribution in [0.15, 0.2) is 94.6 Å². The van der Waals surface area contributed by atoms with Crippen LogP contribution in [0.4, 0.5) is 0 Å². The number of aryl methyl sites for hydroxylation is 1. The van der Waals surface area contributed by atoms with Gasteiger partial charge in [-0.1, -0.05) is 54.6 Å². The summed E-state index contributed by atoms with van der Waals surface area (Å²) in [6.07, 6.45) is 2.10. The van der Waals surface area contributed by atoms with E-state index in [1.54, 1.807) is 21.1 Å². The summed E-state index contributed by atoms with van der Waals surface area (Å²) >= 11 is 0. The topological polar surface area (TPSA) is 133 Å². The molecule has 47 heavy (non-hydrogen) atoms. The summed E-state index contributed by atoms with van der Waals surface area (Å²) in [5.41, 5.74) is 0.838. The number of hydrogen-bond acceptors (Lipinski definition) is 8. The Kier molecular flexibility index (Phi) is 9.58. The van der Waals surface area contributed by atoms with Gasteiger partial charge in [-0.25, -0.2) is 4.79 Å². The molecule has 0 aliphatic carbocycles. The first-order chi connectivity index (χ1) is 22.8. The highest BCUT2D eigenvalue weighted by Gasteiger charge is 2.43. The molecule has 1 amide bonds. The SMILES string of the molecule is COc1ccc(C(OC[C@H]2O[C@@H](n3cc(C)c(=O)[nH]c3=O)C[C@@H]2NC(=O)[C@H]2CCCN2)(c2ccccc2)c2ccc(OC)cc2)cc1. The minimum atomic E-state index is -1.10. The van der Waals surface area contributed by atoms with Crippen molar-refractivity contribution in [3.8, 4) is 11.5 Å². The molecule has 0 bridgehead atoms. The molecule has 2 aliphatic rings. The van der Waals surface area contributed by atoms with Crippen LogP contribution >= 0.6 is 0 Å². The van der Waals surface area contributed by atoms with Crippen LogP contribution in [0.5, 0.6) is 11.5 Å². The molecule has 3 N–H and O–H groups in total. The van der Waals surface area contributed by atoms with Gasteiger partial charge in [0, 0.05) is 18.2 Å². The maximum atomic E-state index is 13.3. The van der Waals surface area contributed by atoms with Crippen LogP contribution in [0.1, 0.15) is 47.7 Å². The lowest BCUT2D eigenvalue weighted by Crippen LogP contribution is -2.49. The van der Waals surface area contributed by atoms with E-state index in [2.05, 4.69) is 15.6 Å². The van der Waals surface area contributed by atoms with Gasteiger partial charge in [-0.2, -0.15) is 0 Å². The standard InChI is InChI=1S/C36H40N4O7/c1-23-21-40(35(43)39-33(23)41)32-20-30(38-34(42)29-10-7-19-37-29)31(47-32)22-46-36(24-8-5-4-6-9-24,25-11-15-27(44-2)16-12-25)26-13-17-28(45-3)18-14-26/h4-6,8-9,11-18,21,29-32,37H,7,10,19-20,22H2,1-3H3,(H,38,42)(H,39,41,43)/t29-,30+,31-,32-/m1/s1. The van der Waals surface area contributed by atoms with Gasteiger partial charge >= 0.3 is 5.69 Å². The Morgan fingerprint density at radius 3 is 2.13 bits per heavy atom. The number of H-pyrrole nitrogens is 1. The molecule has 0 saturated carbocycles. The number of amides is 1. The monoisotopic (exact) mass is 640 g/mol. The number of benzene rings is 3. The Balaban J connectivity index is 1.40. The molecule has 6 rings (SSSR count). The quantitative estimate of drug-likeness (QED) is 0.213. The second-order valence-electron chi connectivity index (χ2n) is 11.9. The smallest absolute Gasteiger partial charge is 0.330 e. The Labute approximate surface area is 272 Å². The number of aromatic nitrogens is 2. The number of carbonyl (C=O) groups is 1. The number of methoxy groups -OCH3 is 2. The zero-order valence-corrected chi connectivity index (χ0v) is 26.7. The third kappa shape index (κ3) is 6.60. The molecule has 2 saturated heterocycles. The summed E-state index contributed by atoms with van der Waals surface area (Å²) in [5, 5.41) is 6.43. The van der Waals surface area contributed by atoms with Crippen LogP contribution in [0.25, 0.3) is 0 Å². The highest BCUT2D eigenvalue weighted by atomic mass is 16.6. The van der Waals surface area contributed by atoms with E-state index < -0.39 is 35.2 Å². The number of ether oxygens (including phenoxy) is 4. The summed E-state index contributed by atoms with van der Waals surface area (Å²) in [4.78, 5) is 40.7. The summed E-state index contributed by atoms with van der Waals surface area (Å²) in [5.74, 6) is 1.29. The van der Waals surface area contributed by atoms with Crippen molar-refractivity contribution in [2.24, 2.45) is 0 Å². The Morgan fingerprint density at radius 1 is 0.936 bits per heavy atom. The Morgan fingerprint density at radius 2 is 1.55 bits per heavy atom. The third-order valence-corrected chi connectivity index (χ3v) is 9.03. The van der Waals surface area contributed by atoms with Gasteiger partial charge in [0.25, 0.3) is 5.56 Å². The predicted molar refractivity (Wildman–Crippen MR) is 176 cm³/mol. The average Bonchev–Trinajstić information content (AvgIpc) is 3.79. The van der Waals surface area contributed by atoms with Crippen LogP contribution in [0.2, 0.25) is 0 Å². The van der Waals surface area contributed by atoms with Crippen molar-refractivity contribution in [2.45, 2.75) is 56.2 Å². The van der Waals surface area contributed by atoms with E-state index >= 15 is 0 Å². The van der Waals surface area contributed by atoms with E-state index in [1.807, 2.05) is 78.9 Å². The van der Waals surface area contributed by atoms with Crippen molar-refractivity contribution in [3.05, 3.63) is 128 Å². The molecule has 4 aromatic rings. The summed E-state index contributed by atoms with van der Waals surface area (Å²) in [6, 6.07) is 24.6. The number of hydrogen-bond donors (Lipinski definition) is 3. The van der Waals surface area contributed by atoms with E-state index in [-0.39, 0.29) is 18.6 Å². The van der Waals surface area contributed by atoms with E-state index in [9.17, 15) is 14.4 Å². The number of nitrogens with zero attached hydrogens (tertiary/aromatic N) is 1.